The minimum Gasteiger partial charge on any atom is -0.505 e. The first-order valence-electron chi connectivity index (χ1n) is 27.1. The number of nitrogens with zero attached hydrogens (tertiary/aromatic N) is 3. The Balaban J connectivity index is 1.27. The molecule has 1 heterocycles. The summed E-state index contributed by atoms with van der Waals surface area (Å²) in [7, 11) is 13.2. The van der Waals surface area contributed by atoms with Crippen LogP contribution < -0.4 is 36.6 Å². The van der Waals surface area contributed by atoms with Crippen LogP contribution in [0.5, 0.6) is 17.2 Å². The summed E-state index contributed by atoms with van der Waals surface area (Å²) >= 11 is 0. The van der Waals surface area contributed by atoms with E-state index in [1.807, 2.05) is 23.1 Å². The summed E-state index contributed by atoms with van der Waals surface area (Å²) in [4.78, 5) is 6.71. The standard InChI is InChI=1S/C68H72B3N3O3/c1-64(2,3)40-20-26-44(27-21-40)72(47-32-34-50-49-18-16-17-19-51(49)68(13,14)52(50)38-47)55-36-43(67(10,11)12)37-56-59(55)71(15)53-35-33-48(39-54(53)74(56)46-30-24-42(25-31-46)66(7,8)9)73(45-28-22-41(23-29-45)65(4,5)6)60-57(69)58(70)61(75)63(77)62(60)76/h16-39,75-77H,1-15H3. The molecule has 1 aliphatic carbocycles. The first-order chi connectivity index (χ1) is 36.0. The third-order valence-corrected chi connectivity index (χ3v) is 16.4. The van der Waals surface area contributed by atoms with Crippen LogP contribution in [0.25, 0.3) is 11.1 Å². The van der Waals surface area contributed by atoms with E-state index >= 15 is 0 Å². The average Bonchev–Trinajstić information content (AvgIpc) is 3.68. The lowest BCUT2D eigenvalue weighted by Gasteiger charge is -2.41. The van der Waals surface area contributed by atoms with Crippen LogP contribution in [0.3, 0.4) is 0 Å². The number of rotatable bonds is 7. The summed E-state index contributed by atoms with van der Waals surface area (Å²) in [5, 5.41) is 33.9. The predicted octanol–water partition coefficient (Wildman–Crippen LogP) is 14.8. The van der Waals surface area contributed by atoms with E-state index < -0.39 is 17.2 Å². The van der Waals surface area contributed by atoms with E-state index in [4.69, 9.17) is 15.7 Å². The molecule has 386 valence electrons. The van der Waals surface area contributed by atoms with Crippen LogP contribution >= 0.6 is 0 Å². The molecule has 0 atom stereocenters. The fraction of sp³-hybridized carbons (Fsp3) is 0.294. The van der Waals surface area contributed by atoms with Gasteiger partial charge in [-0.15, -0.1) is 0 Å². The van der Waals surface area contributed by atoms with Crippen LogP contribution in [0.2, 0.25) is 6.82 Å². The summed E-state index contributed by atoms with van der Waals surface area (Å²) in [6.07, 6.45) is 0. The number of hydrogen-bond donors (Lipinski definition) is 3. The van der Waals surface area contributed by atoms with Crippen molar-refractivity contribution in [2.75, 3.05) is 14.7 Å². The van der Waals surface area contributed by atoms with E-state index in [0.717, 1.165) is 45.2 Å². The van der Waals surface area contributed by atoms with Gasteiger partial charge in [0.1, 0.15) is 15.7 Å². The molecule has 4 radical (unpaired) electrons. The molecule has 1 aliphatic heterocycles. The van der Waals surface area contributed by atoms with Crippen molar-refractivity contribution in [1.82, 2.24) is 0 Å². The van der Waals surface area contributed by atoms with E-state index in [1.165, 1.54) is 44.4 Å². The molecule has 3 N–H and O–H groups in total. The van der Waals surface area contributed by atoms with E-state index in [-0.39, 0.29) is 50.4 Å². The molecule has 77 heavy (non-hydrogen) atoms. The Hall–Kier alpha value is -7.25. The van der Waals surface area contributed by atoms with Crippen LogP contribution in [0, 0.1) is 0 Å². The zero-order chi connectivity index (χ0) is 55.6. The molecule has 2 aliphatic rings. The van der Waals surface area contributed by atoms with Crippen molar-refractivity contribution in [3.8, 4) is 28.4 Å². The van der Waals surface area contributed by atoms with E-state index in [1.54, 1.807) is 0 Å². The number of hydrogen-bond acceptors (Lipinski definition) is 6. The highest BCUT2D eigenvalue weighted by Gasteiger charge is 2.40. The van der Waals surface area contributed by atoms with Gasteiger partial charge in [0.05, 0.1) is 5.69 Å². The maximum atomic E-state index is 11.8. The highest BCUT2D eigenvalue weighted by molar-refractivity contribution is 6.88. The Bertz CT molecular complexity index is 3580. The number of anilines is 9. The number of aromatic hydroxyl groups is 3. The number of benzene rings is 8. The van der Waals surface area contributed by atoms with Gasteiger partial charge in [0, 0.05) is 50.9 Å². The van der Waals surface area contributed by atoms with Crippen molar-refractivity contribution in [3.05, 3.63) is 179 Å². The highest BCUT2D eigenvalue weighted by atomic mass is 16.3. The molecule has 0 bridgehead atoms. The smallest absolute Gasteiger partial charge is 0.214 e. The van der Waals surface area contributed by atoms with Gasteiger partial charge in [-0.1, -0.05) is 193 Å². The molecule has 10 rings (SSSR count). The molecule has 8 aromatic carbocycles. The Morgan fingerprint density at radius 3 is 1.49 bits per heavy atom. The summed E-state index contributed by atoms with van der Waals surface area (Å²) < 4.78 is 0. The third-order valence-electron chi connectivity index (χ3n) is 16.4. The average molecular weight is 1010 g/mol. The lowest BCUT2D eigenvalue weighted by molar-refractivity contribution is 0.371. The molecular weight excluding hydrogens is 939 g/mol. The van der Waals surface area contributed by atoms with Crippen LogP contribution in [0.4, 0.5) is 51.2 Å². The first kappa shape index (κ1) is 53.2. The topological polar surface area (TPSA) is 70.4 Å². The van der Waals surface area contributed by atoms with Crippen molar-refractivity contribution in [2.24, 2.45) is 0 Å². The van der Waals surface area contributed by atoms with E-state index in [2.05, 4.69) is 241 Å². The van der Waals surface area contributed by atoms with Crippen molar-refractivity contribution < 1.29 is 15.3 Å². The largest absolute Gasteiger partial charge is 0.505 e. The van der Waals surface area contributed by atoms with E-state index in [9.17, 15) is 15.3 Å². The van der Waals surface area contributed by atoms with Crippen molar-refractivity contribution in [2.45, 2.75) is 131 Å². The molecule has 0 saturated carbocycles. The Morgan fingerprint density at radius 1 is 0.455 bits per heavy atom. The van der Waals surface area contributed by atoms with Gasteiger partial charge in [-0.25, -0.2) is 0 Å². The zero-order valence-electron chi connectivity index (χ0n) is 47.8. The summed E-state index contributed by atoms with van der Waals surface area (Å²) in [6.45, 7) is 33.7. The molecule has 0 aromatic heterocycles. The summed E-state index contributed by atoms with van der Waals surface area (Å²) in [5.41, 5.74) is 18.8. The normalized spacial score (nSPS) is 14.0. The number of phenolic OH excluding ortho intramolecular Hbond substituents is 3. The van der Waals surface area contributed by atoms with Gasteiger partial charge in [0.2, 0.25) is 12.5 Å². The maximum absolute atomic E-state index is 11.8. The monoisotopic (exact) mass is 1010 g/mol. The summed E-state index contributed by atoms with van der Waals surface area (Å²) in [5.74, 6) is -2.01. The summed E-state index contributed by atoms with van der Waals surface area (Å²) in [6, 6.07) is 53.3. The number of phenols is 3. The van der Waals surface area contributed by atoms with Crippen LogP contribution in [0.1, 0.15) is 130 Å². The fourth-order valence-corrected chi connectivity index (χ4v) is 11.6. The van der Waals surface area contributed by atoms with Gasteiger partial charge in [-0.3, -0.25) is 0 Å². The van der Waals surface area contributed by atoms with Crippen LogP contribution in [-0.2, 0) is 27.1 Å². The van der Waals surface area contributed by atoms with Gasteiger partial charge >= 0.3 is 0 Å². The van der Waals surface area contributed by atoms with Gasteiger partial charge in [-0.2, -0.15) is 0 Å². The molecule has 6 nitrogen and oxygen atoms in total. The van der Waals surface area contributed by atoms with Crippen molar-refractivity contribution >= 4 is 95.4 Å². The Morgan fingerprint density at radius 2 is 0.935 bits per heavy atom. The minimum absolute atomic E-state index is 0.0383. The second-order valence-electron chi connectivity index (χ2n) is 26.2. The molecule has 0 saturated heterocycles. The molecule has 0 spiro atoms. The SMILES string of the molecule is [B]c1c([B])c(N(c2ccc(C(C)(C)C)cc2)c2ccc3c(c2)N(c2ccc(C(C)(C)C)cc2)c2cc(C(C)(C)C)cc(N(c4ccc(C(C)(C)C)cc4)c4ccc5c(c4)C(C)(C)c4ccccc4-5)c2B3C)c(O)c(O)c1O. The lowest BCUT2D eigenvalue weighted by atomic mass is 9.40. The molecule has 9 heteroatoms. The quantitative estimate of drug-likeness (QED) is 0.109. The number of fused-ring (bicyclic) bond motifs is 5. The minimum atomic E-state index is -0.750. The van der Waals surface area contributed by atoms with Crippen molar-refractivity contribution in [1.29, 1.82) is 0 Å². The van der Waals surface area contributed by atoms with Gasteiger partial charge in [-0.05, 0) is 144 Å². The molecule has 8 aromatic rings. The Kier molecular flexibility index (Phi) is 12.7. The third kappa shape index (κ3) is 9.07. The fourth-order valence-electron chi connectivity index (χ4n) is 11.6. The predicted molar refractivity (Wildman–Crippen MR) is 330 cm³/mol. The first-order valence-corrected chi connectivity index (χ1v) is 27.1. The van der Waals surface area contributed by atoms with E-state index in [0.29, 0.717) is 11.4 Å². The van der Waals surface area contributed by atoms with Gasteiger partial charge < -0.3 is 30.0 Å². The second-order valence-corrected chi connectivity index (χ2v) is 26.2. The molecule has 0 amide bonds. The van der Waals surface area contributed by atoms with Crippen molar-refractivity contribution in [3.63, 3.8) is 0 Å². The van der Waals surface area contributed by atoms with Gasteiger partial charge in [0.25, 0.3) is 0 Å². The Labute approximate surface area is 461 Å². The lowest BCUT2D eigenvalue weighted by Crippen LogP contribution is -2.50. The molecular formula is C68H72B3N3O3. The zero-order valence-corrected chi connectivity index (χ0v) is 47.8. The second kappa shape index (κ2) is 18.5. The van der Waals surface area contributed by atoms with Crippen LogP contribution in [-0.4, -0.2) is 37.7 Å². The van der Waals surface area contributed by atoms with Gasteiger partial charge in [0.15, 0.2) is 11.5 Å². The highest BCUT2D eigenvalue weighted by Crippen LogP contribution is 2.53. The molecule has 0 unspecified atom stereocenters. The molecule has 0 fully saturated rings. The maximum Gasteiger partial charge on any atom is 0.214 e. The van der Waals surface area contributed by atoms with Crippen LogP contribution in [0.15, 0.2) is 146 Å².